The van der Waals surface area contributed by atoms with Gasteiger partial charge in [0, 0.05) is 29.8 Å². The van der Waals surface area contributed by atoms with Crippen molar-refractivity contribution < 1.29 is 0 Å². The molecule has 1 aliphatic rings. The summed E-state index contributed by atoms with van der Waals surface area (Å²) in [5.41, 5.74) is 16.2. The van der Waals surface area contributed by atoms with Gasteiger partial charge in [-0.1, -0.05) is 208 Å². The number of nitrogens with two attached hydrogens (primary N) is 1. The van der Waals surface area contributed by atoms with Gasteiger partial charge in [0.1, 0.15) is 11.9 Å². The van der Waals surface area contributed by atoms with E-state index in [1.165, 1.54) is 11.8 Å². The van der Waals surface area contributed by atoms with E-state index in [0.717, 1.165) is 61.2 Å². The maximum atomic E-state index is 7.35. The van der Waals surface area contributed by atoms with Gasteiger partial charge in [-0.05, 0) is 67.3 Å². The first kappa shape index (κ1) is 40.1. The molecule has 284 valence electrons. The third-order valence-electron chi connectivity index (χ3n) is 9.65. The number of nitrogens with one attached hydrogen (secondary N) is 3. The van der Waals surface area contributed by atoms with Crippen molar-refractivity contribution in [2.75, 3.05) is 0 Å². The van der Waals surface area contributed by atoms with Crippen LogP contribution < -0.4 is 16.6 Å². The van der Waals surface area contributed by atoms with E-state index < -0.39 is 0 Å². The molecule has 0 aromatic heterocycles. The van der Waals surface area contributed by atoms with Crippen LogP contribution in [-0.2, 0) is 0 Å². The molecule has 6 aromatic carbocycles. The Morgan fingerprint density at radius 1 is 0.603 bits per heavy atom. The molecule has 0 saturated carbocycles. The first-order chi connectivity index (χ1) is 28.5. The third kappa shape index (κ3) is 10.2. The van der Waals surface area contributed by atoms with E-state index in [9.17, 15) is 0 Å². The van der Waals surface area contributed by atoms with E-state index in [1.54, 1.807) is 12.2 Å². The summed E-state index contributed by atoms with van der Waals surface area (Å²) >= 11 is 0. The van der Waals surface area contributed by atoms with Gasteiger partial charge in [-0.25, -0.2) is 5.84 Å². The Bertz CT molecular complexity index is 2490. The monoisotopic (exact) mass is 753 g/mol. The average Bonchev–Trinajstić information content (AvgIpc) is 3.31. The summed E-state index contributed by atoms with van der Waals surface area (Å²) in [6.45, 7) is 12.4. The van der Waals surface area contributed by atoms with Crippen LogP contribution in [0.3, 0.4) is 0 Å². The lowest BCUT2D eigenvalue weighted by Crippen LogP contribution is -2.32. The van der Waals surface area contributed by atoms with Crippen LogP contribution in [0.1, 0.15) is 39.4 Å². The third-order valence-corrected chi connectivity index (χ3v) is 9.65. The summed E-state index contributed by atoms with van der Waals surface area (Å²) in [4.78, 5) is 4.86. The first-order valence-corrected chi connectivity index (χ1v) is 19.0. The fraction of sp³-hybridized carbons (Fsp3) is 0.0189. The highest BCUT2D eigenvalue weighted by atomic mass is 15.3. The maximum Gasteiger partial charge on any atom is 0.143 e. The number of amidine groups is 1. The van der Waals surface area contributed by atoms with Gasteiger partial charge in [0.2, 0.25) is 0 Å². The zero-order valence-corrected chi connectivity index (χ0v) is 32.4. The lowest BCUT2D eigenvalue weighted by atomic mass is 9.89. The molecule has 5 N–H and O–H groups in total. The van der Waals surface area contributed by atoms with Gasteiger partial charge in [-0.15, -0.1) is 0 Å². The van der Waals surface area contributed by atoms with Gasteiger partial charge in [0.05, 0.1) is 0 Å². The molecule has 1 unspecified atom stereocenters. The minimum Gasteiger partial charge on any atom is -0.366 e. The Morgan fingerprint density at radius 2 is 1.12 bits per heavy atom. The lowest BCUT2D eigenvalue weighted by Gasteiger charge is -2.17. The summed E-state index contributed by atoms with van der Waals surface area (Å²) in [5, 5.41) is 10.8. The number of fused-ring (bicyclic) bond motifs is 1. The van der Waals surface area contributed by atoms with Crippen LogP contribution in [0, 0.1) is 5.41 Å². The molecule has 0 radical (unpaired) electrons. The van der Waals surface area contributed by atoms with Crippen LogP contribution in [0.2, 0.25) is 0 Å². The highest BCUT2D eigenvalue weighted by molar-refractivity contribution is 6.03. The van der Waals surface area contributed by atoms with Crippen molar-refractivity contribution in [3.8, 4) is 11.1 Å². The van der Waals surface area contributed by atoms with E-state index in [4.69, 9.17) is 16.2 Å². The number of rotatable bonds is 9. The van der Waals surface area contributed by atoms with Crippen LogP contribution in [0.5, 0.6) is 0 Å². The summed E-state index contributed by atoms with van der Waals surface area (Å²) in [5.74, 6) is 6.22. The Morgan fingerprint density at radius 3 is 1.71 bits per heavy atom. The number of hydrogen-bond donors (Lipinski definition) is 4. The Labute approximate surface area is 342 Å². The van der Waals surface area contributed by atoms with Crippen molar-refractivity contribution in [1.82, 2.24) is 10.7 Å². The second-order valence-corrected chi connectivity index (χ2v) is 13.4. The fourth-order valence-corrected chi connectivity index (χ4v) is 6.58. The van der Waals surface area contributed by atoms with E-state index in [-0.39, 0.29) is 6.04 Å². The minimum atomic E-state index is -0.249. The first-order valence-electron chi connectivity index (χ1n) is 19.0. The van der Waals surface area contributed by atoms with Crippen LogP contribution >= 0.6 is 0 Å². The molecule has 6 aromatic rings. The summed E-state index contributed by atoms with van der Waals surface area (Å²) in [6.07, 6.45) is 12.6. The summed E-state index contributed by atoms with van der Waals surface area (Å²) in [6, 6.07) is 57.5. The van der Waals surface area contributed by atoms with Crippen molar-refractivity contribution in [3.05, 3.63) is 271 Å². The van der Waals surface area contributed by atoms with Gasteiger partial charge in [0.15, 0.2) is 0 Å². The highest BCUT2D eigenvalue weighted by Gasteiger charge is 2.16. The van der Waals surface area contributed by atoms with Crippen LogP contribution in [0.4, 0.5) is 0 Å². The summed E-state index contributed by atoms with van der Waals surface area (Å²) < 4.78 is 0. The van der Waals surface area contributed by atoms with Crippen molar-refractivity contribution in [2.45, 2.75) is 6.04 Å². The second kappa shape index (κ2) is 20.4. The molecule has 58 heavy (non-hydrogen) atoms. The molecule has 0 spiro atoms. The van der Waals surface area contributed by atoms with Crippen LogP contribution in [0.15, 0.2) is 242 Å². The van der Waals surface area contributed by atoms with Gasteiger partial charge >= 0.3 is 0 Å². The molecule has 0 fully saturated rings. The number of benzene rings is 6. The van der Waals surface area contributed by atoms with Crippen LogP contribution in [0.25, 0.3) is 27.8 Å². The molecule has 5 nitrogen and oxygen atoms in total. The largest absolute Gasteiger partial charge is 0.366 e. The zero-order chi connectivity index (χ0) is 40.5. The van der Waals surface area contributed by atoms with Gasteiger partial charge < -0.3 is 16.2 Å². The molecule has 1 aliphatic heterocycles. The Kier molecular flexibility index (Phi) is 14.1. The fourth-order valence-electron chi connectivity index (χ4n) is 6.58. The van der Waals surface area contributed by atoms with E-state index in [2.05, 4.69) is 134 Å². The molecule has 0 saturated heterocycles. The van der Waals surface area contributed by atoms with Crippen molar-refractivity contribution in [3.63, 3.8) is 0 Å². The molecule has 0 aliphatic carbocycles. The molecule has 0 amide bonds. The van der Waals surface area contributed by atoms with E-state index in [0.29, 0.717) is 11.4 Å². The molecule has 7 rings (SSSR count). The predicted molar refractivity (Wildman–Crippen MR) is 247 cm³/mol. The number of allylic oxidation sites excluding steroid dienone is 6. The highest BCUT2D eigenvalue weighted by Crippen LogP contribution is 2.33. The average molecular weight is 754 g/mol. The minimum absolute atomic E-state index is 0.249. The van der Waals surface area contributed by atoms with Gasteiger partial charge in [0.25, 0.3) is 0 Å². The van der Waals surface area contributed by atoms with Crippen LogP contribution in [-0.4, -0.2) is 12.1 Å². The number of aliphatic imine (C=N–C) groups is 1. The summed E-state index contributed by atoms with van der Waals surface area (Å²) in [7, 11) is 0. The van der Waals surface area contributed by atoms with Crippen molar-refractivity contribution >= 4 is 28.8 Å². The topological polar surface area (TPSA) is 86.3 Å². The predicted octanol–water partition coefficient (Wildman–Crippen LogP) is 11.9. The van der Waals surface area contributed by atoms with Crippen molar-refractivity contribution in [1.29, 1.82) is 5.41 Å². The molecule has 5 heteroatoms. The number of nitrogens with zero attached hydrogens (tertiary/aromatic N) is 1. The molecule has 1 heterocycles. The van der Waals surface area contributed by atoms with Crippen molar-refractivity contribution in [2.24, 2.45) is 10.8 Å². The Hall–Kier alpha value is -7.60. The molecule has 0 bridgehead atoms. The normalized spacial score (nSPS) is 15.9. The second-order valence-electron chi connectivity index (χ2n) is 13.4. The molecular weight excluding hydrogens is 707 g/mol. The molecule has 1 atom stereocenters. The standard InChI is InChI=1S/C28H23N.C25H24N4/c1-21-17-18-25(23-11-5-3-6-12-23)19-29-20-28(24-13-7-4-8-14-24)27-16-10-9-15-26(27)22(21)2;1-2-19(17-18-26)25(29-27)28-24(22-11-7-4-8-12-22)23-15-13-21(14-16-23)20-9-5-3-6-10-20/h3-20,29H,1-2H2;2-18,24,26H,1,27H2,(H,28,29)/b18-17-,25-19+,28-20-;19-17+,26-18?. The maximum absolute atomic E-state index is 7.35. The smallest absolute Gasteiger partial charge is 0.143 e. The quantitative estimate of drug-likeness (QED) is 0.0390. The lowest BCUT2D eigenvalue weighted by molar-refractivity contribution is 0.852. The van der Waals surface area contributed by atoms with Gasteiger partial charge in [-0.3, -0.25) is 4.99 Å². The van der Waals surface area contributed by atoms with E-state index in [1.807, 2.05) is 91.1 Å². The van der Waals surface area contributed by atoms with E-state index >= 15 is 0 Å². The zero-order valence-electron chi connectivity index (χ0n) is 32.4. The van der Waals surface area contributed by atoms with Gasteiger partial charge in [-0.2, -0.15) is 0 Å². The number of hydrogen-bond acceptors (Lipinski definition) is 4. The number of hydrazine groups is 1. The Balaban J connectivity index is 0.000000196. The SMILES string of the molecule is C=C/C(=C\C=N)C(=NC(c1ccccc1)c1ccc(-c2ccccc2)cc1)NN.C=C1/C=C\C(c2ccccc2)=C/N/C=C(/c2ccccc2)c2ccccc2C1=C. The molecular formula is C53H47N5.